The third-order valence-corrected chi connectivity index (χ3v) is 3.24. The van der Waals surface area contributed by atoms with Crippen molar-refractivity contribution in [1.82, 2.24) is 9.38 Å². The molecule has 2 aromatic heterocycles. The lowest BCUT2D eigenvalue weighted by Crippen LogP contribution is -2.38. The topological polar surface area (TPSA) is 40.8 Å². The predicted octanol–water partition coefficient (Wildman–Crippen LogP) is 2.18. The van der Waals surface area contributed by atoms with E-state index in [-0.39, 0.29) is 11.5 Å². The summed E-state index contributed by atoms with van der Waals surface area (Å²) in [6, 6.07) is 4.02. The largest absolute Gasteiger partial charge is 0.391 e. The first-order valence-corrected chi connectivity index (χ1v) is 6.20. The van der Waals surface area contributed by atoms with Crippen molar-refractivity contribution in [3.63, 3.8) is 0 Å². The van der Waals surface area contributed by atoms with Crippen LogP contribution in [0.1, 0.15) is 20.8 Å². The Kier molecular flexibility index (Phi) is 3.30. The predicted molar refractivity (Wildman–Crippen MR) is 73.9 cm³/mol. The maximum absolute atomic E-state index is 10.2. The highest BCUT2D eigenvalue weighted by Crippen LogP contribution is 2.23. The molecule has 18 heavy (non-hydrogen) atoms. The van der Waals surface area contributed by atoms with Crippen molar-refractivity contribution in [2.45, 2.75) is 26.9 Å². The van der Waals surface area contributed by atoms with Gasteiger partial charge in [0.15, 0.2) is 5.82 Å². The second-order valence-electron chi connectivity index (χ2n) is 5.81. The van der Waals surface area contributed by atoms with Gasteiger partial charge in [0, 0.05) is 32.2 Å². The fourth-order valence-electron chi connectivity index (χ4n) is 1.87. The number of fused-ring (bicyclic) bond motifs is 1. The molecule has 98 valence electrons. The summed E-state index contributed by atoms with van der Waals surface area (Å²) >= 11 is 0. The van der Waals surface area contributed by atoms with Crippen LogP contribution in [-0.4, -0.2) is 34.2 Å². The molecule has 0 radical (unpaired) electrons. The highest BCUT2D eigenvalue weighted by Gasteiger charge is 2.24. The summed E-state index contributed by atoms with van der Waals surface area (Å²) in [5, 5.41) is 10.2. The number of likely N-dealkylation sites (N-methyl/N-ethyl adjacent to an activating group) is 1. The zero-order chi connectivity index (χ0) is 13.3. The minimum Gasteiger partial charge on any atom is -0.391 e. The van der Waals surface area contributed by atoms with Crippen LogP contribution in [0.3, 0.4) is 0 Å². The van der Waals surface area contributed by atoms with Gasteiger partial charge in [0.05, 0.1) is 11.6 Å². The summed E-state index contributed by atoms with van der Waals surface area (Å²) in [4.78, 5) is 6.41. The molecular formula is C14H21N3O. The Balaban J connectivity index is 2.23. The second kappa shape index (κ2) is 4.61. The zero-order valence-electron chi connectivity index (χ0n) is 11.5. The van der Waals surface area contributed by atoms with E-state index in [9.17, 15) is 5.11 Å². The van der Waals surface area contributed by atoms with Crippen LogP contribution in [0.5, 0.6) is 0 Å². The van der Waals surface area contributed by atoms with Crippen molar-refractivity contribution in [3.05, 3.63) is 30.7 Å². The molecule has 0 bridgehead atoms. The smallest absolute Gasteiger partial charge is 0.152 e. The lowest BCUT2D eigenvalue weighted by molar-refractivity contribution is 0.0698. The molecule has 0 aromatic carbocycles. The van der Waals surface area contributed by atoms with Crippen LogP contribution in [0, 0.1) is 5.41 Å². The summed E-state index contributed by atoms with van der Waals surface area (Å²) in [5.74, 6) is 0.894. The maximum Gasteiger partial charge on any atom is 0.152 e. The lowest BCUT2D eigenvalue weighted by atomic mass is 9.89. The second-order valence-corrected chi connectivity index (χ2v) is 5.81. The lowest BCUT2D eigenvalue weighted by Gasteiger charge is -2.30. The zero-order valence-corrected chi connectivity index (χ0v) is 11.5. The molecule has 2 heterocycles. The van der Waals surface area contributed by atoms with E-state index < -0.39 is 0 Å². The molecule has 0 spiro atoms. The monoisotopic (exact) mass is 247 g/mol. The van der Waals surface area contributed by atoms with E-state index >= 15 is 0 Å². The van der Waals surface area contributed by atoms with Gasteiger partial charge in [-0.15, -0.1) is 0 Å². The molecule has 4 nitrogen and oxygen atoms in total. The van der Waals surface area contributed by atoms with Crippen LogP contribution in [0.4, 0.5) is 5.82 Å². The van der Waals surface area contributed by atoms with E-state index in [1.165, 1.54) is 0 Å². The Bertz CT molecular complexity index is 527. The number of aliphatic hydroxyl groups is 1. The van der Waals surface area contributed by atoms with Crippen molar-refractivity contribution in [1.29, 1.82) is 0 Å². The number of nitrogens with zero attached hydrogens (tertiary/aromatic N) is 3. The van der Waals surface area contributed by atoms with Gasteiger partial charge in [-0.3, -0.25) is 0 Å². The molecule has 4 heteroatoms. The Morgan fingerprint density at radius 2 is 2.11 bits per heavy atom. The van der Waals surface area contributed by atoms with Gasteiger partial charge in [0.1, 0.15) is 0 Å². The molecule has 1 unspecified atom stereocenters. The Labute approximate surface area is 108 Å². The van der Waals surface area contributed by atoms with E-state index in [0.29, 0.717) is 6.54 Å². The highest BCUT2D eigenvalue weighted by molar-refractivity contribution is 5.68. The molecule has 1 atom stereocenters. The van der Waals surface area contributed by atoms with Crippen LogP contribution >= 0.6 is 0 Å². The standard InChI is InChI=1S/C14H21N3O/c1-14(2,3)12(18)10-16(4)13-11-6-5-8-17(11)9-7-15-13/h5-9,12,18H,10H2,1-4H3. The molecule has 0 aliphatic carbocycles. The molecule has 2 aromatic rings. The number of anilines is 1. The fourth-order valence-corrected chi connectivity index (χ4v) is 1.87. The van der Waals surface area contributed by atoms with Crippen LogP contribution in [-0.2, 0) is 0 Å². The summed E-state index contributed by atoms with van der Waals surface area (Å²) in [6.45, 7) is 6.69. The first-order valence-electron chi connectivity index (χ1n) is 6.20. The molecule has 0 amide bonds. The molecule has 0 saturated heterocycles. The van der Waals surface area contributed by atoms with Crippen LogP contribution in [0.15, 0.2) is 30.7 Å². The Hall–Kier alpha value is -1.55. The molecule has 0 aliphatic rings. The quantitative estimate of drug-likeness (QED) is 0.903. The van der Waals surface area contributed by atoms with Gasteiger partial charge in [0.2, 0.25) is 0 Å². The summed E-state index contributed by atoms with van der Waals surface area (Å²) in [5.41, 5.74) is 0.933. The van der Waals surface area contributed by atoms with Crippen molar-refractivity contribution in [2.75, 3.05) is 18.5 Å². The van der Waals surface area contributed by atoms with E-state index in [1.54, 1.807) is 6.20 Å². The Morgan fingerprint density at radius 1 is 1.39 bits per heavy atom. The molecule has 1 N–H and O–H groups in total. The number of hydrogen-bond donors (Lipinski definition) is 1. The number of aromatic nitrogens is 2. The first kappa shape index (κ1) is 12.9. The van der Waals surface area contributed by atoms with Gasteiger partial charge < -0.3 is 14.4 Å². The van der Waals surface area contributed by atoms with E-state index in [0.717, 1.165) is 11.3 Å². The molecule has 0 fully saturated rings. The van der Waals surface area contributed by atoms with E-state index in [2.05, 4.69) is 4.98 Å². The van der Waals surface area contributed by atoms with Crippen LogP contribution in [0.2, 0.25) is 0 Å². The molecule has 0 aliphatic heterocycles. The number of aliphatic hydroxyl groups excluding tert-OH is 1. The van der Waals surface area contributed by atoms with Gasteiger partial charge in [0.25, 0.3) is 0 Å². The van der Waals surface area contributed by atoms with Gasteiger partial charge in [-0.2, -0.15) is 0 Å². The molecule has 0 saturated carbocycles. The van der Waals surface area contributed by atoms with Crippen molar-refractivity contribution in [2.24, 2.45) is 5.41 Å². The van der Waals surface area contributed by atoms with Gasteiger partial charge in [-0.1, -0.05) is 20.8 Å². The molecule has 2 rings (SSSR count). The number of hydrogen-bond acceptors (Lipinski definition) is 3. The van der Waals surface area contributed by atoms with Crippen LogP contribution in [0.25, 0.3) is 5.52 Å². The van der Waals surface area contributed by atoms with Crippen LogP contribution < -0.4 is 4.90 Å². The van der Waals surface area contributed by atoms with Crippen molar-refractivity contribution < 1.29 is 5.11 Å². The van der Waals surface area contributed by atoms with E-state index in [1.807, 2.05) is 61.6 Å². The average Bonchev–Trinajstić information content (AvgIpc) is 2.74. The number of rotatable bonds is 3. The average molecular weight is 247 g/mol. The minimum atomic E-state index is -0.389. The minimum absolute atomic E-state index is 0.124. The summed E-state index contributed by atoms with van der Waals surface area (Å²) in [7, 11) is 1.96. The SMILES string of the molecule is CN(CC(O)C(C)(C)C)c1nccn2cccc12. The van der Waals surface area contributed by atoms with E-state index in [4.69, 9.17) is 0 Å². The van der Waals surface area contributed by atoms with Gasteiger partial charge in [-0.25, -0.2) is 4.98 Å². The first-order chi connectivity index (χ1) is 8.39. The summed E-state index contributed by atoms with van der Waals surface area (Å²) in [6.07, 6.45) is 5.31. The fraction of sp³-hybridized carbons (Fsp3) is 0.500. The highest BCUT2D eigenvalue weighted by atomic mass is 16.3. The summed E-state index contributed by atoms with van der Waals surface area (Å²) < 4.78 is 2.03. The maximum atomic E-state index is 10.2. The molecular weight excluding hydrogens is 226 g/mol. The Morgan fingerprint density at radius 3 is 2.78 bits per heavy atom. The van der Waals surface area contributed by atoms with Gasteiger partial charge in [-0.05, 0) is 17.5 Å². The van der Waals surface area contributed by atoms with Crippen molar-refractivity contribution in [3.8, 4) is 0 Å². The normalized spacial score (nSPS) is 13.8. The third kappa shape index (κ3) is 2.48. The van der Waals surface area contributed by atoms with Gasteiger partial charge >= 0.3 is 0 Å². The third-order valence-electron chi connectivity index (χ3n) is 3.24. The van der Waals surface area contributed by atoms with Crippen molar-refractivity contribution >= 4 is 11.3 Å².